The van der Waals surface area contributed by atoms with Crippen LogP contribution < -0.4 is 14.4 Å². The lowest BCUT2D eigenvalue weighted by atomic mass is 10.1. The smallest absolute Gasteiger partial charge is 0.416 e. The number of ether oxygens (including phenoxy) is 1. The minimum atomic E-state index is -4.70. The van der Waals surface area contributed by atoms with Crippen LogP contribution in [0.15, 0.2) is 48.5 Å². The lowest BCUT2D eigenvalue weighted by molar-refractivity contribution is -0.140. The highest BCUT2D eigenvalue weighted by Gasteiger charge is 2.34. The molecule has 192 valence electrons. The molecule has 0 saturated carbocycles. The van der Waals surface area contributed by atoms with E-state index in [1.165, 1.54) is 25.1 Å². The first-order chi connectivity index (χ1) is 16.3. The quantitative estimate of drug-likeness (QED) is 0.525. The van der Waals surface area contributed by atoms with Gasteiger partial charge in [-0.05, 0) is 42.3 Å². The molecule has 0 aromatic heterocycles. The summed E-state index contributed by atoms with van der Waals surface area (Å²) in [6.45, 7) is 0.869. The van der Waals surface area contributed by atoms with Crippen LogP contribution in [-0.2, 0) is 32.3 Å². The molecule has 0 radical (unpaired) electrons. The average Bonchev–Trinajstić information content (AvgIpc) is 2.81. The third-order valence-electron chi connectivity index (χ3n) is 5.28. The van der Waals surface area contributed by atoms with Crippen molar-refractivity contribution in [3.8, 4) is 5.75 Å². The Balaban J connectivity index is 2.46. The second-order valence-electron chi connectivity index (χ2n) is 7.73. The van der Waals surface area contributed by atoms with Gasteiger partial charge in [0, 0.05) is 13.6 Å². The Kier molecular flexibility index (Phi) is 9.13. The van der Waals surface area contributed by atoms with Crippen molar-refractivity contribution in [1.29, 1.82) is 0 Å². The fraction of sp³-hybridized carbons (Fsp3) is 0.391. The molecule has 0 aliphatic heterocycles. The molecule has 1 atom stereocenters. The summed E-state index contributed by atoms with van der Waals surface area (Å²) in [5.74, 6) is -0.629. The Bertz CT molecular complexity index is 1140. The van der Waals surface area contributed by atoms with E-state index in [9.17, 15) is 31.2 Å². The van der Waals surface area contributed by atoms with Gasteiger partial charge in [-0.25, -0.2) is 8.42 Å². The molecule has 0 saturated heterocycles. The SMILES string of the molecule is CC[C@@H](C(=O)NC)N(Cc1ccc(OC)cc1)C(=O)CN(c1cccc(C(F)(F)F)c1)S(C)(=O)=O. The van der Waals surface area contributed by atoms with Gasteiger partial charge in [-0.2, -0.15) is 13.2 Å². The van der Waals surface area contributed by atoms with Crippen LogP contribution in [0.5, 0.6) is 5.75 Å². The largest absolute Gasteiger partial charge is 0.497 e. The van der Waals surface area contributed by atoms with Crippen molar-refractivity contribution in [1.82, 2.24) is 10.2 Å². The zero-order valence-corrected chi connectivity index (χ0v) is 20.6. The first kappa shape index (κ1) is 28.0. The Morgan fingerprint density at radius 1 is 1.11 bits per heavy atom. The number of alkyl halides is 3. The zero-order chi connectivity index (χ0) is 26.4. The molecule has 0 unspecified atom stereocenters. The molecule has 0 spiro atoms. The highest BCUT2D eigenvalue weighted by atomic mass is 32.2. The highest BCUT2D eigenvalue weighted by molar-refractivity contribution is 7.92. The molecule has 0 fully saturated rings. The Labute approximate surface area is 202 Å². The summed E-state index contributed by atoms with van der Waals surface area (Å²) in [7, 11) is -1.24. The molecule has 2 aromatic carbocycles. The number of benzene rings is 2. The number of amides is 2. The highest BCUT2D eigenvalue weighted by Crippen LogP contribution is 2.32. The lowest BCUT2D eigenvalue weighted by Crippen LogP contribution is -2.51. The summed E-state index contributed by atoms with van der Waals surface area (Å²) >= 11 is 0. The Hall–Kier alpha value is -3.28. The molecule has 35 heavy (non-hydrogen) atoms. The Morgan fingerprint density at radius 2 is 1.74 bits per heavy atom. The predicted octanol–water partition coefficient (Wildman–Crippen LogP) is 3.03. The van der Waals surface area contributed by atoms with E-state index in [0.29, 0.717) is 21.7 Å². The number of rotatable bonds is 10. The predicted molar refractivity (Wildman–Crippen MR) is 125 cm³/mol. The monoisotopic (exact) mass is 515 g/mol. The molecule has 0 aliphatic rings. The number of hydrogen-bond acceptors (Lipinski definition) is 5. The topological polar surface area (TPSA) is 96.0 Å². The van der Waals surface area contributed by atoms with E-state index in [1.807, 2.05) is 0 Å². The number of carbonyl (C=O) groups is 2. The summed E-state index contributed by atoms with van der Waals surface area (Å²) in [6.07, 6.45) is -3.68. The van der Waals surface area contributed by atoms with Crippen LogP contribution >= 0.6 is 0 Å². The molecule has 2 rings (SSSR count). The fourth-order valence-electron chi connectivity index (χ4n) is 3.46. The maximum atomic E-state index is 13.4. The van der Waals surface area contributed by atoms with E-state index in [2.05, 4.69) is 5.32 Å². The minimum Gasteiger partial charge on any atom is -0.497 e. The van der Waals surface area contributed by atoms with Gasteiger partial charge in [-0.3, -0.25) is 13.9 Å². The third kappa shape index (κ3) is 7.35. The van der Waals surface area contributed by atoms with Gasteiger partial charge in [-0.15, -0.1) is 0 Å². The molecule has 12 heteroatoms. The normalized spacial score (nSPS) is 12.5. The number of methoxy groups -OCH3 is 1. The standard InChI is InChI=1S/C23H28F3N3O5S/c1-5-20(22(31)27-2)28(14-16-9-11-19(34-3)12-10-16)21(30)15-29(35(4,32)33)18-8-6-7-17(13-18)23(24,25)26/h6-13,20H,5,14-15H2,1-4H3,(H,27,31)/t20-/m0/s1. The maximum Gasteiger partial charge on any atom is 0.416 e. The summed E-state index contributed by atoms with van der Waals surface area (Å²) in [5, 5.41) is 2.49. The van der Waals surface area contributed by atoms with Gasteiger partial charge in [0.1, 0.15) is 18.3 Å². The number of likely N-dealkylation sites (N-methyl/N-ethyl adjacent to an activating group) is 1. The fourth-order valence-corrected chi connectivity index (χ4v) is 4.31. The maximum absolute atomic E-state index is 13.4. The lowest BCUT2D eigenvalue weighted by Gasteiger charge is -2.32. The second-order valence-corrected chi connectivity index (χ2v) is 9.63. The summed E-state index contributed by atoms with van der Waals surface area (Å²) in [6, 6.07) is 9.50. The van der Waals surface area contributed by atoms with Crippen LogP contribution in [0.4, 0.5) is 18.9 Å². The van der Waals surface area contributed by atoms with E-state index >= 15 is 0 Å². The van der Waals surface area contributed by atoms with Crippen LogP contribution in [0.25, 0.3) is 0 Å². The van der Waals surface area contributed by atoms with Crippen molar-refractivity contribution >= 4 is 27.5 Å². The van der Waals surface area contributed by atoms with E-state index in [-0.39, 0.29) is 18.7 Å². The summed E-state index contributed by atoms with van der Waals surface area (Å²) < 4.78 is 70.3. The van der Waals surface area contributed by atoms with Gasteiger partial charge < -0.3 is 15.0 Å². The molecule has 1 N–H and O–H groups in total. The molecule has 0 heterocycles. The minimum absolute atomic E-state index is 0.0328. The van der Waals surface area contributed by atoms with Crippen molar-refractivity contribution in [2.45, 2.75) is 32.1 Å². The second kappa shape index (κ2) is 11.4. The number of sulfonamides is 1. The van der Waals surface area contributed by atoms with Gasteiger partial charge in [0.25, 0.3) is 0 Å². The van der Waals surface area contributed by atoms with Crippen LogP contribution in [0, 0.1) is 0 Å². The van der Waals surface area contributed by atoms with E-state index < -0.39 is 46.2 Å². The van der Waals surface area contributed by atoms with Crippen molar-refractivity contribution < 1.29 is 35.9 Å². The Morgan fingerprint density at radius 3 is 2.23 bits per heavy atom. The molecule has 0 aliphatic carbocycles. The van der Waals surface area contributed by atoms with Crippen LogP contribution in [0.3, 0.4) is 0 Å². The molecule has 8 nitrogen and oxygen atoms in total. The van der Waals surface area contributed by atoms with Crippen LogP contribution in [0.1, 0.15) is 24.5 Å². The number of nitrogens with zero attached hydrogens (tertiary/aromatic N) is 2. The summed E-state index contributed by atoms with van der Waals surface area (Å²) in [4.78, 5) is 27.1. The molecular weight excluding hydrogens is 487 g/mol. The number of anilines is 1. The van der Waals surface area contributed by atoms with Gasteiger partial charge >= 0.3 is 6.18 Å². The molecule has 2 aromatic rings. The van der Waals surface area contributed by atoms with Gasteiger partial charge in [0.05, 0.1) is 24.6 Å². The van der Waals surface area contributed by atoms with Crippen LogP contribution in [0.2, 0.25) is 0 Å². The zero-order valence-electron chi connectivity index (χ0n) is 19.8. The van der Waals surface area contributed by atoms with Crippen molar-refractivity contribution in [2.75, 3.05) is 31.3 Å². The average molecular weight is 516 g/mol. The first-order valence-electron chi connectivity index (χ1n) is 10.6. The summed E-state index contributed by atoms with van der Waals surface area (Å²) in [5.41, 5.74) is -0.720. The van der Waals surface area contributed by atoms with Gasteiger partial charge in [-0.1, -0.05) is 25.1 Å². The van der Waals surface area contributed by atoms with E-state index in [0.717, 1.165) is 18.4 Å². The van der Waals surface area contributed by atoms with Crippen molar-refractivity contribution in [2.24, 2.45) is 0 Å². The van der Waals surface area contributed by atoms with Gasteiger partial charge in [0.2, 0.25) is 21.8 Å². The van der Waals surface area contributed by atoms with Crippen LogP contribution in [-0.4, -0.2) is 58.1 Å². The number of carbonyl (C=O) groups excluding carboxylic acids is 2. The van der Waals surface area contributed by atoms with Crippen molar-refractivity contribution in [3.63, 3.8) is 0 Å². The number of hydrogen-bond donors (Lipinski definition) is 1. The molecular formula is C23H28F3N3O5S. The number of nitrogens with one attached hydrogen (secondary N) is 1. The van der Waals surface area contributed by atoms with Crippen molar-refractivity contribution in [3.05, 3.63) is 59.7 Å². The number of halogens is 3. The van der Waals surface area contributed by atoms with Gasteiger partial charge in [0.15, 0.2) is 0 Å². The molecule has 0 bridgehead atoms. The molecule has 2 amide bonds. The van der Waals surface area contributed by atoms with E-state index in [4.69, 9.17) is 4.74 Å². The first-order valence-corrected chi connectivity index (χ1v) is 12.5. The van der Waals surface area contributed by atoms with E-state index in [1.54, 1.807) is 31.2 Å². The third-order valence-corrected chi connectivity index (χ3v) is 6.43.